The summed E-state index contributed by atoms with van der Waals surface area (Å²) in [4.78, 5) is 17.9. The molecule has 0 saturated carbocycles. The Hall–Kier alpha value is -1.67. The zero-order valence-corrected chi connectivity index (χ0v) is 13.5. The van der Waals surface area contributed by atoms with Crippen LogP contribution in [-0.4, -0.2) is 55.7 Å². The molecule has 22 heavy (non-hydrogen) atoms. The lowest BCUT2D eigenvalue weighted by molar-refractivity contribution is -0.134. The first kappa shape index (κ1) is 16.7. The lowest BCUT2D eigenvalue weighted by atomic mass is 10.1. The lowest BCUT2D eigenvalue weighted by Crippen LogP contribution is -2.50. The quantitative estimate of drug-likeness (QED) is 0.845. The second-order valence-electron chi connectivity index (χ2n) is 5.44. The fourth-order valence-corrected chi connectivity index (χ4v) is 3.19. The molecule has 122 valence electrons. The van der Waals surface area contributed by atoms with Crippen LogP contribution in [0.15, 0.2) is 24.5 Å². The highest BCUT2D eigenvalue weighted by atomic mass is 32.2. The Labute approximate surface area is 130 Å². The van der Waals surface area contributed by atoms with Gasteiger partial charge in [-0.25, -0.2) is 13.1 Å². The maximum Gasteiger partial charge on any atom is 0.240 e. The number of carbonyl (C=O) groups excluding carboxylic acids is 1. The topological polar surface area (TPSA) is 88.6 Å². The number of likely N-dealkylation sites (tertiary alicyclic amines) is 1. The van der Waals surface area contributed by atoms with Crippen LogP contribution < -0.4 is 9.46 Å². The van der Waals surface area contributed by atoms with E-state index >= 15 is 0 Å². The first-order valence-electron chi connectivity index (χ1n) is 7.18. The molecular weight excluding hydrogens is 306 g/mol. The lowest BCUT2D eigenvalue weighted by Gasteiger charge is -2.33. The summed E-state index contributed by atoms with van der Waals surface area (Å²) in [5.74, 6) is 0.518. The van der Waals surface area contributed by atoms with Crippen molar-refractivity contribution in [3.8, 4) is 5.75 Å². The number of carbonyl (C=O) groups is 1. The Bertz CT molecular complexity index is 598. The molecule has 8 heteroatoms. The molecule has 1 amide bonds. The molecule has 1 aliphatic heterocycles. The second-order valence-corrected chi connectivity index (χ2v) is 7.22. The molecule has 0 radical (unpaired) electrons. The Kier molecular flexibility index (Phi) is 5.36. The molecule has 0 unspecified atom stereocenters. The molecule has 1 aromatic heterocycles. The molecule has 1 aromatic rings. The molecule has 1 aliphatic rings. The van der Waals surface area contributed by atoms with Crippen molar-refractivity contribution in [1.29, 1.82) is 0 Å². The van der Waals surface area contributed by atoms with Crippen molar-refractivity contribution in [1.82, 2.24) is 14.6 Å². The van der Waals surface area contributed by atoms with Gasteiger partial charge in [0.15, 0.2) is 0 Å². The number of rotatable bonds is 5. The normalized spacial score (nSPS) is 18.0. The van der Waals surface area contributed by atoms with Crippen molar-refractivity contribution in [3.63, 3.8) is 0 Å². The van der Waals surface area contributed by atoms with Gasteiger partial charge < -0.3 is 9.64 Å². The van der Waals surface area contributed by atoms with Crippen molar-refractivity contribution < 1.29 is 17.9 Å². The first-order chi connectivity index (χ1) is 10.3. The maximum atomic E-state index is 12.2. The summed E-state index contributed by atoms with van der Waals surface area (Å²) in [5, 5.41) is 0. The van der Waals surface area contributed by atoms with E-state index in [1.54, 1.807) is 24.2 Å². The standard InChI is InChI=1S/C14H21N3O4S/c1-11(16-22(2,19)20)14(18)17-8-5-12(6-9-17)21-13-4-3-7-15-10-13/h3-4,7,10-12,16H,5-6,8-9H2,1-2H3/t11-/m0/s1. The number of hydrogen-bond donors (Lipinski definition) is 1. The van der Waals surface area contributed by atoms with Crippen LogP contribution in [0.3, 0.4) is 0 Å². The second kappa shape index (κ2) is 7.06. The minimum atomic E-state index is -3.39. The van der Waals surface area contributed by atoms with Crippen molar-refractivity contribution in [2.45, 2.75) is 31.9 Å². The molecule has 2 rings (SSSR count). The van der Waals surface area contributed by atoms with Crippen molar-refractivity contribution >= 4 is 15.9 Å². The molecule has 0 spiro atoms. The highest BCUT2D eigenvalue weighted by Gasteiger charge is 2.28. The average Bonchev–Trinajstić information content (AvgIpc) is 2.46. The number of nitrogens with one attached hydrogen (secondary N) is 1. The largest absolute Gasteiger partial charge is 0.489 e. The third kappa shape index (κ3) is 4.96. The van der Waals surface area contributed by atoms with E-state index < -0.39 is 16.1 Å². The Morgan fingerprint density at radius 1 is 1.45 bits per heavy atom. The van der Waals surface area contributed by atoms with Crippen LogP contribution in [0.2, 0.25) is 0 Å². The number of ether oxygens (including phenoxy) is 1. The van der Waals surface area contributed by atoms with Gasteiger partial charge in [-0.1, -0.05) is 0 Å². The summed E-state index contributed by atoms with van der Waals surface area (Å²) in [6.45, 7) is 2.67. The highest BCUT2D eigenvalue weighted by Crippen LogP contribution is 2.18. The zero-order valence-electron chi connectivity index (χ0n) is 12.7. The predicted molar refractivity (Wildman–Crippen MR) is 81.9 cm³/mol. The number of piperidine rings is 1. The van der Waals surface area contributed by atoms with Crippen LogP contribution >= 0.6 is 0 Å². The summed E-state index contributed by atoms with van der Waals surface area (Å²) in [7, 11) is -3.39. The van der Waals surface area contributed by atoms with E-state index in [-0.39, 0.29) is 12.0 Å². The first-order valence-corrected chi connectivity index (χ1v) is 9.07. The van der Waals surface area contributed by atoms with Gasteiger partial charge in [0.25, 0.3) is 0 Å². The molecule has 1 atom stereocenters. The van der Waals surface area contributed by atoms with E-state index in [4.69, 9.17) is 4.74 Å². The van der Waals surface area contributed by atoms with E-state index in [2.05, 4.69) is 9.71 Å². The number of amides is 1. The summed E-state index contributed by atoms with van der Waals surface area (Å²) >= 11 is 0. The van der Waals surface area contributed by atoms with Crippen molar-refractivity contribution in [2.24, 2.45) is 0 Å². The van der Waals surface area contributed by atoms with Gasteiger partial charge in [-0.05, 0) is 19.1 Å². The number of sulfonamides is 1. The van der Waals surface area contributed by atoms with Crippen LogP contribution in [0.1, 0.15) is 19.8 Å². The third-order valence-corrected chi connectivity index (χ3v) is 4.23. The monoisotopic (exact) mass is 327 g/mol. The van der Waals surface area contributed by atoms with Crippen LogP contribution in [0, 0.1) is 0 Å². The predicted octanol–water partition coefficient (Wildman–Crippen LogP) is 0.389. The number of hydrogen-bond acceptors (Lipinski definition) is 5. The average molecular weight is 327 g/mol. The minimum absolute atomic E-state index is 0.0476. The van der Waals surface area contributed by atoms with Gasteiger partial charge in [0.2, 0.25) is 15.9 Å². The van der Waals surface area contributed by atoms with Crippen LogP contribution in [0.25, 0.3) is 0 Å². The SMILES string of the molecule is C[C@H](NS(C)(=O)=O)C(=O)N1CCC(Oc2cccnc2)CC1. The smallest absolute Gasteiger partial charge is 0.240 e. The van der Waals surface area contributed by atoms with Crippen molar-refractivity contribution in [3.05, 3.63) is 24.5 Å². The fraction of sp³-hybridized carbons (Fsp3) is 0.571. The molecule has 0 aromatic carbocycles. The van der Waals surface area contributed by atoms with Crippen LogP contribution in [-0.2, 0) is 14.8 Å². The molecule has 0 bridgehead atoms. The van der Waals surface area contributed by atoms with E-state index in [1.807, 2.05) is 12.1 Å². The van der Waals surface area contributed by atoms with E-state index in [1.165, 1.54) is 0 Å². The van der Waals surface area contributed by atoms with Crippen LogP contribution in [0.5, 0.6) is 5.75 Å². The van der Waals surface area contributed by atoms with Gasteiger partial charge in [-0.3, -0.25) is 9.78 Å². The summed E-state index contributed by atoms with van der Waals surface area (Å²) in [6.07, 6.45) is 5.87. The fourth-order valence-electron chi connectivity index (χ4n) is 2.45. The third-order valence-electron chi connectivity index (χ3n) is 3.45. The van der Waals surface area contributed by atoms with Gasteiger partial charge in [0.05, 0.1) is 18.5 Å². The van der Waals surface area contributed by atoms with Gasteiger partial charge >= 0.3 is 0 Å². The molecule has 1 fully saturated rings. The molecule has 7 nitrogen and oxygen atoms in total. The number of nitrogens with zero attached hydrogens (tertiary/aromatic N) is 2. The van der Waals surface area contributed by atoms with Crippen molar-refractivity contribution in [2.75, 3.05) is 19.3 Å². The summed E-state index contributed by atoms with van der Waals surface area (Å²) < 4.78 is 30.5. The van der Waals surface area contributed by atoms with E-state index in [0.717, 1.165) is 12.0 Å². The highest BCUT2D eigenvalue weighted by molar-refractivity contribution is 7.88. The van der Waals surface area contributed by atoms with Gasteiger partial charge in [0.1, 0.15) is 11.9 Å². The Morgan fingerprint density at radius 3 is 2.68 bits per heavy atom. The Morgan fingerprint density at radius 2 is 2.14 bits per heavy atom. The maximum absolute atomic E-state index is 12.2. The summed E-state index contributed by atoms with van der Waals surface area (Å²) in [6, 6.07) is 2.92. The Balaban J connectivity index is 1.83. The van der Waals surface area contributed by atoms with Gasteiger partial charge in [0, 0.05) is 32.1 Å². The van der Waals surface area contributed by atoms with Gasteiger partial charge in [-0.2, -0.15) is 0 Å². The molecule has 1 saturated heterocycles. The number of pyridine rings is 1. The molecule has 0 aliphatic carbocycles. The van der Waals surface area contributed by atoms with E-state index in [9.17, 15) is 13.2 Å². The molecular formula is C14H21N3O4S. The zero-order chi connectivity index (χ0) is 16.2. The summed E-state index contributed by atoms with van der Waals surface area (Å²) in [5.41, 5.74) is 0. The molecule has 2 heterocycles. The number of aromatic nitrogens is 1. The van der Waals surface area contributed by atoms with Gasteiger partial charge in [-0.15, -0.1) is 0 Å². The minimum Gasteiger partial charge on any atom is -0.489 e. The molecule has 1 N–H and O–H groups in total. The van der Waals surface area contributed by atoms with E-state index in [0.29, 0.717) is 25.9 Å². The van der Waals surface area contributed by atoms with Crippen LogP contribution in [0.4, 0.5) is 0 Å².